The summed E-state index contributed by atoms with van der Waals surface area (Å²) in [5, 5.41) is 19.6. The Morgan fingerprint density at radius 2 is 2.15 bits per heavy atom. The highest BCUT2D eigenvalue weighted by Crippen LogP contribution is 2.36. The molecule has 33 heavy (non-hydrogen) atoms. The van der Waals surface area contributed by atoms with Crippen LogP contribution in [0.5, 0.6) is 0 Å². The maximum absolute atomic E-state index is 14.4. The molecule has 11 heteroatoms. The third-order valence-electron chi connectivity index (χ3n) is 6.02. The number of aliphatic imine (C=N–C) groups is 1. The number of carbonyl (C=O) groups excluding carboxylic acids is 1. The molecule has 2 fully saturated rings. The lowest BCUT2D eigenvalue weighted by Gasteiger charge is -2.26. The van der Waals surface area contributed by atoms with E-state index in [1.807, 2.05) is 4.90 Å². The van der Waals surface area contributed by atoms with Crippen molar-refractivity contribution in [1.82, 2.24) is 24.8 Å². The number of fused-ring (bicyclic) bond motifs is 1. The number of hydrogen-bond acceptors (Lipinski definition) is 6. The molecular weight excluding hydrogens is 432 g/mol. The highest BCUT2D eigenvalue weighted by atomic mass is 19.1. The van der Waals surface area contributed by atoms with E-state index in [-0.39, 0.29) is 24.2 Å². The van der Waals surface area contributed by atoms with Gasteiger partial charge in [0.2, 0.25) is 0 Å². The Balaban J connectivity index is 1.40. The number of nitrogens with one attached hydrogen (secondary N) is 1. The minimum absolute atomic E-state index is 0.158. The van der Waals surface area contributed by atoms with Crippen LogP contribution in [0.15, 0.2) is 41.7 Å². The van der Waals surface area contributed by atoms with Crippen LogP contribution in [0.1, 0.15) is 30.0 Å². The Bertz CT molecular complexity index is 1230. The van der Waals surface area contributed by atoms with Gasteiger partial charge in [0.15, 0.2) is 5.65 Å². The van der Waals surface area contributed by atoms with Gasteiger partial charge in [0.1, 0.15) is 17.5 Å². The van der Waals surface area contributed by atoms with Crippen LogP contribution in [0.25, 0.3) is 5.65 Å². The van der Waals surface area contributed by atoms with Gasteiger partial charge in [-0.25, -0.2) is 23.1 Å². The zero-order valence-electron chi connectivity index (χ0n) is 17.7. The molecule has 2 aliphatic heterocycles. The summed E-state index contributed by atoms with van der Waals surface area (Å²) in [5.41, 5.74) is 0.876. The van der Waals surface area contributed by atoms with Gasteiger partial charge in [0.25, 0.3) is 0 Å². The first-order valence-corrected chi connectivity index (χ1v) is 10.8. The van der Waals surface area contributed by atoms with Crippen LogP contribution in [-0.4, -0.2) is 64.2 Å². The molecule has 2 aliphatic rings. The minimum Gasteiger partial charge on any atom is -0.858 e. The van der Waals surface area contributed by atoms with E-state index in [0.29, 0.717) is 49.6 Å². The maximum Gasteiger partial charge on any atom is 0.317 e. The second-order valence-corrected chi connectivity index (χ2v) is 8.04. The first kappa shape index (κ1) is 21.1. The Kier molecular flexibility index (Phi) is 5.53. The van der Waals surface area contributed by atoms with Crippen molar-refractivity contribution in [3.05, 3.63) is 59.4 Å². The molecule has 3 aromatic rings. The predicted molar refractivity (Wildman–Crippen MR) is 115 cm³/mol. The second-order valence-electron chi connectivity index (χ2n) is 8.04. The highest BCUT2D eigenvalue weighted by Gasteiger charge is 2.30. The highest BCUT2D eigenvalue weighted by molar-refractivity contribution is 5.96. The summed E-state index contributed by atoms with van der Waals surface area (Å²) in [6.07, 6.45) is 4.56. The molecule has 172 valence electrons. The lowest BCUT2D eigenvalue weighted by molar-refractivity contribution is -0.213. The summed E-state index contributed by atoms with van der Waals surface area (Å²) in [5.74, 6) is -0.862. The lowest BCUT2D eigenvalue weighted by atomic mass is 10.0. The molecule has 1 aromatic carbocycles. The van der Waals surface area contributed by atoms with Crippen molar-refractivity contribution in [2.24, 2.45) is 4.99 Å². The Morgan fingerprint density at radius 1 is 1.27 bits per heavy atom. The van der Waals surface area contributed by atoms with E-state index in [1.54, 1.807) is 17.2 Å². The third kappa shape index (κ3) is 4.06. The molecule has 2 amide bonds. The molecule has 0 unspecified atom stereocenters. The summed E-state index contributed by atoms with van der Waals surface area (Å²) < 4.78 is 29.7. The topological polar surface area (TPSA) is 101 Å². The SMILES string of the molecule is O=C1NCCN1CCN=C([O-])c1cnn2ccc(N3CCC[C@@H]3c3cc(F)ccc3F)nc12. The van der Waals surface area contributed by atoms with Crippen molar-refractivity contribution in [3.8, 4) is 0 Å². The van der Waals surface area contributed by atoms with Crippen molar-refractivity contribution < 1.29 is 18.7 Å². The number of amides is 2. The average molecular weight is 454 g/mol. The van der Waals surface area contributed by atoms with E-state index in [2.05, 4.69) is 20.4 Å². The largest absolute Gasteiger partial charge is 0.858 e. The molecule has 2 saturated heterocycles. The van der Waals surface area contributed by atoms with Gasteiger partial charge in [-0.15, -0.1) is 0 Å². The first-order chi connectivity index (χ1) is 16.0. The number of nitrogens with zero attached hydrogens (tertiary/aromatic N) is 6. The molecule has 0 spiro atoms. The number of rotatable bonds is 6. The number of halogens is 2. The lowest BCUT2D eigenvalue weighted by Crippen LogP contribution is -2.31. The summed E-state index contributed by atoms with van der Waals surface area (Å²) in [4.78, 5) is 23.8. The van der Waals surface area contributed by atoms with Gasteiger partial charge in [0, 0.05) is 43.5 Å². The smallest absolute Gasteiger partial charge is 0.317 e. The number of aromatic nitrogens is 3. The van der Waals surface area contributed by atoms with Crippen LogP contribution in [-0.2, 0) is 0 Å². The summed E-state index contributed by atoms with van der Waals surface area (Å²) >= 11 is 0. The predicted octanol–water partition coefficient (Wildman–Crippen LogP) is 1.48. The molecule has 0 saturated carbocycles. The van der Waals surface area contributed by atoms with Gasteiger partial charge in [0.05, 0.1) is 18.8 Å². The fourth-order valence-corrected chi connectivity index (χ4v) is 4.39. The second kappa shape index (κ2) is 8.64. The van der Waals surface area contributed by atoms with E-state index in [4.69, 9.17) is 0 Å². The molecule has 9 nitrogen and oxygen atoms in total. The Morgan fingerprint density at radius 3 is 2.97 bits per heavy atom. The molecule has 0 radical (unpaired) electrons. The van der Waals surface area contributed by atoms with Gasteiger partial charge >= 0.3 is 6.03 Å². The molecule has 5 rings (SSSR count). The molecule has 2 aromatic heterocycles. The molecule has 1 atom stereocenters. The molecule has 0 aliphatic carbocycles. The Hall–Kier alpha value is -3.76. The van der Waals surface area contributed by atoms with Gasteiger partial charge in [-0.2, -0.15) is 5.10 Å². The van der Waals surface area contributed by atoms with E-state index < -0.39 is 17.5 Å². The van der Waals surface area contributed by atoms with Crippen molar-refractivity contribution in [2.75, 3.05) is 37.6 Å². The number of hydrogen-bond donors (Lipinski definition) is 1. The van der Waals surface area contributed by atoms with Crippen LogP contribution in [0.4, 0.5) is 19.4 Å². The molecule has 4 heterocycles. The van der Waals surface area contributed by atoms with Crippen LogP contribution in [0.2, 0.25) is 0 Å². The summed E-state index contributed by atoms with van der Waals surface area (Å²) in [6.45, 7) is 2.33. The van der Waals surface area contributed by atoms with Crippen LogP contribution < -0.4 is 15.3 Å². The van der Waals surface area contributed by atoms with Crippen molar-refractivity contribution >= 4 is 23.4 Å². The standard InChI is InChI=1S/C22H23F2N7O2/c23-14-3-4-17(24)15(12-14)18-2-1-8-30(18)19-5-9-31-20(28-19)16(13-27-31)21(32)25-6-10-29-11-7-26-22(29)33/h3-5,9,12-13,18H,1-2,6-8,10-11H2,(H,25,32)(H,26,33)/p-1/t18-/m1/s1. The van der Waals surface area contributed by atoms with Gasteiger partial charge in [-0.05, 0) is 43.0 Å². The number of urea groups is 1. The maximum atomic E-state index is 14.4. The Labute approximate surface area is 188 Å². The monoisotopic (exact) mass is 454 g/mol. The van der Waals surface area contributed by atoms with Gasteiger partial charge in [-0.1, -0.05) is 0 Å². The van der Waals surface area contributed by atoms with Crippen molar-refractivity contribution in [3.63, 3.8) is 0 Å². The van der Waals surface area contributed by atoms with E-state index in [9.17, 15) is 18.7 Å². The van der Waals surface area contributed by atoms with Gasteiger partial charge in [-0.3, -0.25) is 4.99 Å². The van der Waals surface area contributed by atoms with E-state index in [0.717, 1.165) is 18.6 Å². The fraction of sp³-hybridized carbons (Fsp3) is 0.364. The fourth-order valence-electron chi connectivity index (χ4n) is 4.39. The number of carbonyl (C=O) groups is 1. The first-order valence-electron chi connectivity index (χ1n) is 10.8. The van der Waals surface area contributed by atoms with Crippen molar-refractivity contribution in [1.29, 1.82) is 0 Å². The van der Waals surface area contributed by atoms with Gasteiger partial charge < -0.3 is 20.2 Å². The minimum atomic E-state index is -0.488. The number of benzene rings is 1. The normalized spacial score (nSPS) is 19.0. The summed E-state index contributed by atoms with van der Waals surface area (Å²) in [7, 11) is 0. The summed E-state index contributed by atoms with van der Waals surface area (Å²) in [6, 6.07) is 4.70. The zero-order valence-corrected chi connectivity index (χ0v) is 17.7. The van der Waals surface area contributed by atoms with Crippen LogP contribution in [0, 0.1) is 11.6 Å². The average Bonchev–Trinajstić information content (AvgIpc) is 3.55. The quantitative estimate of drug-likeness (QED) is 0.449. The van der Waals surface area contributed by atoms with E-state index in [1.165, 1.54) is 16.8 Å². The molecule has 0 bridgehead atoms. The zero-order chi connectivity index (χ0) is 22.9. The van der Waals surface area contributed by atoms with E-state index >= 15 is 0 Å². The molecular formula is C22H22F2N7O2-. The van der Waals surface area contributed by atoms with Crippen molar-refractivity contribution in [2.45, 2.75) is 18.9 Å². The van der Waals surface area contributed by atoms with Crippen LogP contribution >= 0.6 is 0 Å². The number of anilines is 1. The third-order valence-corrected chi connectivity index (χ3v) is 6.02. The molecule has 1 N–H and O–H groups in total. The van der Waals surface area contributed by atoms with Crippen LogP contribution in [0.3, 0.4) is 0 Å².